The Kier molecular flexibility index (Phi) is 4.10. The van der Waals surface area contributed by atoms with Crippen LogP contribution in [0.5, 0.6) is 5.75 Å². The molecule has 2 heteroatoms. The first-order chi connectivity index (χ1) is 9.15. The highest BCUT2D eigenvalue weighted by Crippen LogP contribution is 2.31. The smallest absolute Gasteiger partial charge is 0.122 e. The number of rotatable bonds is 4. The van der Waals surface area contributed by atoms with E-state index in [1.54, 1.807) is 7.11 Å². The standard InChI is InChI=1S/C17H21NO/c1-12(2)16-11-14(7-10-17(16)19-4)13-5-8-15(18-3)9-6-13/h5-12,18H,1-4H3. The van der Waals surface area contributed by atoms with E-state index in [2.05, 4.69) is 61.6 Å². The Bertz CT molecular complexity index is 544. The summed E-state index contributed by atoms with van der Waals surface area (Å²) in [5.41, 5.74) is 4.83. The monoisotopic (exact) mass is 255 g/mol. The van der Waals surface area contributed by atoms with Gasteiger partial charge in [-0.3, -0.25) is 0 Å². The molecule has 0 amide bonds. The fourth-order valence-corrected chi connectivity index (χ4v) is 2.19. The molecule has 0 aliphatic heterocycles. The fraction of sp³-hybridized carbons (Fsp3) is 0.294. The molecule has 1 N–H and O–H groups in total. The average Bonchev–Trinajstić information content (AvgIpc) is 2.46. The number of methoxy groups -OCH3 is 1. The largest absolute Gasteiger partial charge is 0.496 e. The lowest BCUT2D eigenvalue weighted by Crippen LogP contribution is -1.95. The molecule has 0 aliphatic rings. The van der Waals surface area contributed by atoms with Gasteiger partial charge in [-0.2, -0.15) is 0 Å². The minimum Gasteiger partial charge on any atom is -0.496 e. The van der Waals surface area contributed by atoms with Crippen molar-refractivity contribution in [1.29, 1.82) is 0 Å². The lowest BCUT2D eigenvalue weighted by molar-refractivity contribution is 0.407. The summed E-state index contributed by atoms with van der Waals surface area (Å²) in [7, 11) is 3.65. The number of hydrogen-bond donors (Lipinski definition) is 1. The molecule has 0 saturated heterocycles. The summed E-state index contributed by atoms with van der Waals surface area (Å²) in [6.07, 6.45) is 0. The Morgan fingerprint density at radius 1 is 0.947 bits per heavy atom. The van der Waals surface area contributed by atoms with Gasteiger partial charge in [-0.15, -0.1) is 0 Å². The van der Waals surface area contributed by atoms with E-state index in [1.165, 1.54) is 16.7 Å². The van der Waals surface area contributed by atoms with Crippen LogP contribution in [0.2, 0.25) is 0 Å². The van der Waals surface area contributed by atoms with Crippen molar-refractivity contribution in [1.82, 2.24) is 0 Å². The number of nitrogens with one attached hydrogen (secondary N) is 1. The molecule has 0 bridgehead atoms. The highest BCUT2D eigenvalue weighted by Gasteiger charge is 2.09. The minimum absolute atomic E-state index is 0.450. The Labute approximate surface area is 115 Å². The fourth-order valence-electron chi connectivity index (χ4n) is 2.19. The molecule has 0 spiro atoms. The topological polar surface area (TPSA) is 21.3 Å². The summed E-state index contributed by atoms with van der Waals surface area (Å²) < 4.78 is 5.42. The summed E-state index contributed by atoms with van der Waals surface area (Å²) in [5, 5.41) is 3.13. The quantitative estimate of drug-likeness (QED) is 0.866. The van der Waals surface area contributed by atoms with Gasteiger partial charge in [-0.05, 0) is 46.9 Å². The molecule has 100 valence electrons. The van der Waals surface area contributed by atoms with Gasteiger partial charge in [0.2, 0.25) is 0 Å². The van der Waals surface area contributed by atoms with Gasteiger partial charge in [0.05, 0.1) is 7.11 Å². The average molecular weight is 255 g/mol. The molecule has 2 nitrogen and oxygen atoms in total. The second kappa shape index (κ2) is 5.79. The summed E-state index contributed by atoms with van der Waals surface area (Å²) in [4.78, 5) is 0. The van der Waals surface area contributed by atoms with Crippen LogP contribution < -0.4 is 10.1 Å². The van der Waals surface area contributed by atoms with Crippen LogP contribution in [0.15, 0.2) is 42.5 Å². The molecule has 0 fully saturated rings. The lowest BCUT2D eigenvalue weighted by atomic mass is 9.96. The van der Waals surface area contributed by atoms with Crippen molar-refractivity contribution >= 4 is 5.69 Å². The first-order valence-electron chi connectivity index (χ1n) is 6.62. The van der Waals surface area contributed by atoms with Gasteiger partial charge in [0.1, 0.15) is 5.75 Å². The molecule has 2 aromatic rings. The highest BCUT2D eigenvalue weighted by atomic mass is 16.5. The molecule has 0 unspecified atom stereocenters. The zero-order chi connectivity index (χ0) is 13.8. The second-order valence-corrected chi connectivity index (χ2v) is 4.94. The van der Waals surface area contributed by atoms with Gasteiger partial charge >= 0.3 is 0 Å². The summed E-state index contributed by atoms with van der Waals surface area (Å²) in [6.45, 7) is 4.37. The van der Waals surface area contributed by atoms with E-state index in [9.17, 15) is 0 Å². The van der Waals surface area contributed by atoms with Crippen LogP contribution in [0.4, 0.5) is 5.69 Å². The molecule has 0 heterocycles. The Balaban J connectivity index is 2.41. The maximum atomic E-state index is 5.42. The maximum absolute atomic E-state index is 5.42. The maximum Gasteiger partial charge on any atom is 0.122 e. The van der Waals surface area contributed by atoms with Crippen molar-refractivity contribution in [3.8, 4) is 16.9 Å². The summed E-state index contributed by atoms with van der Waals surface area (Å²) in [6, 6.07) is 14.8. The van der Waals surface area contributed by atoms with Crippen molar-refractivity contribution < 1.29 is 4.74 Å². The van der Waals surface area contributed by atoms with Gasteiger partial charge in [-0.25, -0.2) is 0 Å². The van der Waals surface area contributed by atoms with Gasteiger partial charge in [0.15, 0.2) is 0 Å². The Morgan fingerprint density at radius 2 is 1.58 bits per heavy atom. The first kappa shape index (κ1) is 13.5. The molecular weight excluding hydrogens is 234 g/mol. The Morgan fingerprint density at radius 3 is 2.11 bits per heavy atom. The molecule has 0 atom stereocenters. The molecule has 2 rings (SSSR count). The molecule has 0 radical (unpaired) electrons. The number of anilines is 1. The van der Waals surface area contributed by atoms with E-state index < -0.39 is 0 Å². The molecule has 0 aliphatic carbocycles. The number of benzene rings is 2. The van der Waals surface area contributed by atoms with Crippen LogP contribution in [-0.4, -0.2) is 14.2 Å². The summed E-state index contributed by atoms with van der Waals surface area (Å²) >= 11 is 0. The lowest BCUT2D eigenvalue weighted by Gasteiger charge is -2.14. The predicted octanol–water partition coefficient (Wildman–Crippen LogP) is 4.53. The number of hydrogen-bond acceptors (Lipinski definition) is 2. The molecule has 19 heavy (non-hydrogen) atoms. The molecule has 0 saturated carbocycles. The van der Waals surface area contributed by atoms with Crippen LogP contribution in [0.3, 0.4) is 0 Å². The van der Waals surface area contributed by atoms with Crippen LogP contribution in [0.25, 0.3) is 11.1 Å². The van der Waals surface area contributed by atoms with E-state index in [-0.39, 0.29) is 0 Å². The third-order valence-electron chi connectivity index (χ3n) is 3.36. The first-order valence-corrected chi connectivity index (χ1v) is 6.62. The van der Waals surface area contributed by atoms with Gasteiger partial charge in [0.25, 0.3) is 0 Å². The van der Waals surface area contributed by atoms with E-state index in [0.29, 0.717) is 5.92 Å². The highest BCUT2D eigenvalue weighted by molar-refractivity contribution is 5.68. The second-order valence-electron chi connectivity index (χ2n) is 4.94. The van der Waals surface area contributed by atoms with Crippen molar-refractivity contribution in [2.24, 2.45) is 0 Å². The van der Waals surface area contributed by atoms with Crippen molar-refractivity contribution in [2.75, 3.05) is 19.5 Å². The predicted molar refractivity (Wildman–Crippen MR) is 82.1 cm³/mol. The van der Waals surface area contributed by atoms with Crippen LogP contribution in [-0.2, 0) is 0 Å². The third-order valence-corrected chi connectivity index (χ3v) is 3.36. The SMILES string of the molecule is CNc1ccc(-c2ccc(OC)c(C(C)C)c2)cc1. The van der Waals surface area contributed by atoms with E-state index in [0.717, 1.165) is 11.4 Å². The zero-order valence-corrected chi connectivity index (χ0v) is 12.0. The van der Waals surface area contributed by atoms with Gasteiger partial charge in [-0.1, -0.05) is 32.0 Å². The van der Waals surface area contributed by atoms with Gasteiger partial charge < -0.3 is 10.1 Å². The Hall–Kier alpha value is -1.96. The minimum atomic E-state index is 0.450. The van der Waals surface area contributed by atoms with Crippen molar-refractivity contribution in [3.05, 3.63) is 48.0 Å². The third kappa shape index (κ3) is 2.90. The molecule has 0 aromatic heterocycles. The van der Waals surface area contributed by atoms with Crippen LogP contribution >= 0.6 is 0 Å². The van der Waals surface area contributed by atoms with Crippen molar-refractivity contribution in [2.45, 2.75) is 19.8 Å². The van der Waals surface area contributed by atoms with Crippen LogP contribution in [0, 0.1) is 0 Å². The van der Waals surface area contributed by atoms with Crippen molar-refractivity contribution in [3.63, 3.8) is 0 Å². The summed E-state index contributed by atoms with van der Waals surface area (Å²) in [5.74, 6) is 1.41. The van der Waals surface area contributed by atoms with E-state index in [1.807, 2.05) is 7.05 Å². The normalized spacial score (nSPS) is 10.6. The molecular formula is C17H21NO. The number of ether oxygens (including phenoxy) is 1. The van der Waals surface area contributed by atoms with Gasteiger partial charge in [0, 0.05) is 12.7 Å². The van der Waals surface area contributed by atoms with E-state index >= 15 is 0 Å². The van der Waals surface area contributed by atoms with E-state index in [4.69, 9.17) is 4.74 Å². The molecule has 2 aromatic carbocycles. The zero-order valence-electron chi connectivity index (χ0n) is 12.0. The van der Waals surface area contributed by atoms with Crippen LogP contribution in [0.1, 0.15) is 25.3 Å².